The van der Waals surface area contributed by atoms with Crippen LogP contribution in [0.1, 0.15) is 10.4 Å². The van der Waals surface area contributed by atoms with Crippen molar-refractivity contribution in [2.75, 3.05) is 7.11 Å². The molecule has 14 heavy (non-hydrogen) atoms. The van der Waals surface area contributed by atoms with E-state index in [2.05, 4.69) is 0 Å². The van der Waals surface area contributed by atoms with Gasteiger partial charge in [0.25, 0.3) is 5.91 Å². The van der Waals surface area contributed by atoms with Crippen LogP contribution < -0.4 is 10.5 Å². The van der Waals surface area contributed by atoms with Gasteiger partial charge in [0.15, 0.2) is 0 Å². The zero-order chi connectivity index (χ0) is 10.7. The fraction of sp³-hybridized carbons (Fsp3) is 0.125. The number of benzene rings is 1. The molecule has 0 saturated carbocycles. The Bertz CT molecular complexity index is 357. The zero-order valence-corrected chi connectivity index (χ0v) is 7.39. The van der Waals surface area contributed by atoms with E-state index in [1.807, 2.05) is 0 Å². The lowest BCUT2D eigenvalue weighted by Crippen LogP contribution is -2.13. The molecule has 0 aliphatic heterocycles. The number of methoxy groups -OCH3 is 1. The summed E-state index contributed by atoms with van der Waals surface area (Å²) in [5, 5.41) is 10.5. The van der Waals surface area contributed by atoms with Crippen LogP contribution in [0.25, 0.3) is 0 Å². The number of nitrogens with two attached hydrogens (primary N) is 1. The molecule has 6 nitrogen and oxygen atoms in total. The fourth-order valence-corrected chi connectivity index (χ4v) is 1.08. The highest BCUT2D eigenvalue weighted by Gasteiger charge is 2.20. The molecule has 74 valence electrons. The largest absolute Gasteiger partial charge is 0.490 e. The van der Waals surface area contributed by atoms with Crippen LogP contribution >= 0.6 is 0 Å². The average molecular weight is 196 g/mol. The molecule has 0 atom stereocenters. The van der Waals surface area contributed by atoms with Crippen molar-refractivity contribution in [3.05, 3.63) is 33.9 Å². The van der Waals surface area contributed by atoms with Crippen molar-refractivity contribution >= 4 is 11.6 Å². The molecule has 0 aromatic heterocycles. The van der Waals surface area contributed by atoms with Crippen molar-refractivity contribution in [3.63, 3.8) is 0 Å². The summed E-state index contributed by atoms with van der Waals surface area (Å²) in [6.07, 6.45) is 0. The molecule has 0 unspecified atom stereocenters. The number of carbonyl (C=O) groups excluding carboxylic acids is 1. The Kier molecular flexibility index (Phi) is 2.66. The molecule has 0 spiro atoms. The third kappa shape index (κ3) is 1.63. The maximum absolute atomic E-state index is 10.9. The minimum Gasteiger partial charge on any atom is -0.490 e. The van der Waals surface area contributed by atoms with Crippen molar-refractivity contribution in [1.29, 1.82) is 0 Å². The number of amides is 1. The quantitative estimate of drug-likeness (QED) is 0.568. The molecule has 0 radical (unpaired) electrons. The third-order valence-electron chi connectivity index (χ3n) is 1.66. The summed E-state index contributed by atoms with van der Waals surface area (Å²) in [5.41, 5.74) is 4.74. The van der Waals surface area contributed by atoms with Gasteiger partial charge >= 0.3 is 5.69 Å². The number of ether oxygens (including phenoxy) is 1. The summed E-state index contributed by atoms with van der Waals surface area (Å²) >= 11 is 0. The van der Waals surface area contributed by atoms with E-state index in [-0.39, 0.29) is 17.0 Å². The lowest BCUT2D eigenvalue weighted by atomic mass is 10.1. The first kappa shape index (κ1) is 9.97. The standard InChI is InChI=1S/C8H8N2O4/c1-14-7-5(8(9)11)3-2-4-6(7)10(12)13/h2-4H,1H3,(H2,9,11). The second-order valence-corrected chi connectivity index (χ2v) is 2.48. The molecule has 1 aromatic carbocycles. The van der Waals surface area contributed by atoms with Gasteiger partial charge in [-0.15, -0.1) is 0 Å². The Morgan fingerprint density at radius 3 is 2.64 bits per heavy atom. The van der Waals surface area contributed by atoms with Crippen LogP contribution in [0, 0.1) is 10.1 Å². The van der Waals surface area contributed by atoms with Gasteiger partial charge in [-0.05, 0) is 6.07 Å². The van der Waals surface area contributed by atoms with E-state index in [9.17, 15) is 14.9 Å². The number of hydrogen-bond donors (Lipinski definition) is 1. The van der Waals surface area contributed by atoms with E-state index >= 15 is 0 Å². The number of nitro benzene ring substituents is 1. The first-order chi connectivity index (χ1) is 6.57. The highest BCUT2D eigenvalue weighted by Crippen LogP contribution is 2.29. The van der Waals surface area contributed by atoms with Gasteiger partial charge in [0, 0.05) is 6.07 Å². The summed E-state index contributed by atoms with van der Waals surface area (Å²) < 4.78 is 4.76. The van der Waals surface area contributed by atoms with Crippen molar-refractivity contribution in [3.8, 4) is 5.75 Å². The lowest BCUT2D eigenvalue weighted by Gasteiger charge is -2.04. The molecule has 0 fully saturated rings. The second kappa shape index (κ2) is 3.73. The molecule has 0 aliphatic carbocycles. The van der Waals surface area contributed by atoms with Gasteiger partial charge in [-0.2, -0.15) is 0 Å². The van der Waals surface area contributed by atoms with Gasteiger partial charge in [-0.3, -0.25) is 14.9 Å². The highest BCUT2D eigenvalue weighted by molar-refractivity contribution is 5.97. The molecule has 1 rings (SSSR count). The van der Waals surface area contributed by atoms with Gasteiger partial charge in [0.1, 0.15) is 0 Å². The van der Waals surface area contributed by atoms with Crippen molar-refractivity contribution in [2.45, 2.75) is 0 Å². The van der Waals surface area contributed by atoms with Gasteiger partial charge in [-0.1, -0.05) is 6.07 Å². The number of nitrogens with zero attached hydrogens (tertiary/aromatic N) is 1. The number of carbonyl (C=O) groups is 1. The van der Waals surface area contributed by atoms with Crippen LogP contribution in [0.15, 0.2) is 18.2 Å². The van der Waals surface area contributed by atoms with Crippen molar-refractivity contribution in [2.24, 2.45) is 5.73 Å². The van der Waals surface area contributed by atoms with Gasteiger partial charge < -0.3 is 10.5 Å². The van der Waals surface area contributed by atoms with E-state index in [0.717, 1.165) is 0 Å². The molecule has 1 aromatic rings. The van der Waals surface area contributed by atoms with E-state index < -0.39 is 10.8 Å². The maximum atomic E-state index is 10.9. The first-order valence-corrected chi connectivity index (χ1v) is 3.69. The SMILES string of the molecule is COc1c(C(N)=O)cccc1[N+](=O)[O-]. The summed E-state index contributed by atoms with van der Waals surface area (Å²) in [6, 6.07) is 3.99. The van der Waals surface area contributed by atoms with Crippen LogP contribution in [0.3, 0.4) is 0 Å². The van der Waals surface area contributed by atoms with E-state index in [1.165, 1.54) is 25.3 Å². The van der Waals surface area contributed by atoms with Gasteiger partial charge in [-0.25, -0.2) is 0 Å². The van der Waals surface area contributed by atoms with Gasteiger partial charge in [0.05, 0.1) is 17.6 Å². The predicted molar refractivity (Wildman–Crippen MR) is 48.2 cm³/mol. The minimum absolute atomic E-state index is 0.00157. The molecule has 0 saturated heterocycles. The Morgan fingerprint density at radius 2 is 2.21 bits per heavy atom. The summed E-state index contributed by atoms with van der Waals surface area (Å²) in [4.78, 5) is 20.8. The maximum Gasteiger partial charge on any atom is 0.311 e. The lowest BCUT2D eigenvalue weighted by molar-refractivity contribution is -0.385. The Hall–Kier alpha value is -2.11. The smallest absolute Gasteiger partial charge is 0.311 e. The van der Waals surface area contributed by atoms with Crippen LogP contribution in [-0.2, 0) is 0 Å². The molecule has 6 heteroatoms. The molecule has 1 amide bonds. The zero-order valence-electron chi connectivity index (χ0n) is 7.39. The van der Waals surface area contributed by atoms with Crippen LogP contribution in [-0.4, -0.2) is 17.9 Å². The molecular weight excluding hydrogens is 188 g/mol. The molecular formula is C8H8N2O4. The topological polar surface area (TPSA) is 95.5 Å². The Labute approximate surface area is 79.4 Å². The second-order valence-electron chi connectivity index (χ2n) is 2.48. The monoisotopic (exact) mass is 196 g/mol. The van der Waals surface area contributed by atoms with E-state index in [1.54, 1.807) is 0 Å². The van der Waals surface area contributed by atoms with E-state index in [0.29, 0.717) is 0 Å². The average Bonchev–Trinajstić information content (AvgIpc) is 2.16. The number of nitro groups is 1. The highest BCUT2D eigenvalue weighted by atomic mass is 16.6. The molecule has 0 aliphatic rings. The van der Waals surface area contributed by atoms with Gasteiger partial charge in [0.2, 0.25) is 5.75 Å². The fourth-order valence-electron chi connectivity index (χ4n) is 1.08. The Morgan fingerprint density at radius 1 is 1.57 bits per heavy atom. The third-order valence-corrected chi connectivity index (χ3v) is 1.66. The number of primary amides is 1. The molecule has 0 heterocycles. The molecule has 0 bridgehead atoms. The number of para-hydroxylation sites is 1. The van der Waals surface area contributed by atoms with Crippen LogP contribution in [0.4, 0.5) is 5.69 Å². The van der Waals surface area contributed by atoms with Crippen molar-refractivity contribution in [1.82, 2.24) is 0 Å². The van der Waals surface area contributed by atoms with Crippen LogP contribution in [0.2, 0.25) is 0 Å². The Balaban J connectivity index is 3.39. The normalized spacial score (nSPS) is 9.50. The molecule has 2 N–H and O–H groups in total. The summed E-state index contributed by atoms with van der Waals surface area (Å²) in [7, 11) is 1.24. The number of hydrogen-bond acceptors (Lipinski definition) is 4. The summed E-state index contributed by atoms with van der Waals surface area (Å²) in [6.45, 7) is 0. The predicted octanol–water partition coefficient (Wildman–Crippen LogP) is 0.702. The first-order valence-electron chi connectivity index (χ1n) is 3.69. The van der Waals surface area contributed by atoms with Crippen LogP contribution in [0.5, 0.6) is 5.75 Å². The van der Waals surface area contributed by atoms with Crippen molar-refractivity contribution < 1.29 is 14.5 Å². The summed E-state index contributed by atoms with van der Waals surface area (Å²) in [5.74, 6) is -0.865. The minimum atomic E-state index is -0.759. The number of rotatable bonds is 3. The van der Waals surface area contributed by atoms with E-state index in [4.69, 9.17) is 10.5 Å².